The van der Waals surface area contributed by atoms with Crippen molar-refractivity contribution in [2.75, 3.05) is 25.4 Å². The van der Waals surface area contributed by atoms with Gasteiger partial charge in [0.05, 0.1) is 12.6 Å². The molecule has 1 fully saturated rings. The molecule has 0 aromatic rings. The number of nitrogens with two attached hydrogens (primary N) is 3. The number of nitrogens with zero attached hydrogens (tertiary/aromatic N) is 2. The number of aliphatic carboxylic acids is 1. The van der Waals surface area contributed by atoms with Gasteiger partial charge in [0.25, 0.3) is 0 Å². The highest BCUT2D eigenvalue weighted by molar-refractivity contribution is 7.80. The molecule has 29 heavy (non-hydrogen) atoms. The van der Waals surface area contributed by atoms with Crippen LogP contribution in [-0.2, 0) is 19.2 Å². The van der Waals surface area contributed by atoms with Gasteiger partial charge in [0, 0.05) is 18.8 Å². The second-order valence-electron chi connectivity index (χ2n) is 6.60. The summed E-state index contributed by atoms with van der Waals surface area (Å²) in [5, 5.41) is 14.0. The highest BCUT2D eigenvalue weighted by Gasteiger charge is 2.35. The monoisotopic (exact) mass is 431 g/mol. The standard InChI is InChI=1S/C16H29N7O5S/c17-9(8-29)14(26)23-6-2-4-11(23)13(25)21-7-12(24)22-10(15(27)28)3-1-5-20-16(18)19/h9-11,29H,1-8,17H2,(H,21,25)(H,22,24)(H,27,28)(H4,18,19,20)/t9-,10-,11-/m0/s1. The molecule has 0 aliphatic carbocycles. The van der Waals surface area contributed by atoms with Crippen molar-refractivity contribution < 1.29 is 24.3 Å². The number of hydrogen-bond donors (Lipinski definition) is 7. The van der Waals surface area contributed by atoms with E-state index >= 15 is 0 Å². The molecule has 1 rings (SSSR count). The molecule has 164 valence electrons. The number of amides is 3. The third kappa shape index (κ3) is 8.15. The van der Waals surface area contributed by atoms with Crippen molar-refractivity contribution >= 4 is 42.3 Å². The molecule has 12 nitrogen and oxygen atoms in total. The van der Waals surface area contributed by atoms with Crippen LogP contribution >= 0.6 is 12.6 Å². The Morgan fingerprint density at radius 3 is 2.55 bits per heavy atom. The Morgan fingerprint density at radius 2 is 1.97 bits per heavy atom. The van der Waals surface area contributed by atoms with E-state index in [-0.39, 0.29) is 30.6 Å². The first-order chi connectivity index (χ1) is 13.7. The van der Waals surface area contributed by atoms with Crippen molar-refractivity contribution in [3.05, 3.63) is 0 Å². The Balaban J connectivity index is 2.50. The molecule has 0 aromatic heterocycles. The van der Waals surface area contributed by atoms with E-state index in [2.05, 4.69) is 28.3 Å². The van der Waals surface area contributed by atoms with Gasteiger partial charge < -0.3 is 37.8 Å². The fourth-order valence-corrected chi connectivity index (χ4v) is 3.04. The number of rotatable bonds is 11. The predicted molar refractivity (Wildman–Crippen MR) is 109 cm³/mol. The summed E-state index contributed by atoms with van der Waals surface area (Å²) in [5.41, 5.74) is 16.1. The largest absolute Gasteiger partial charge is 0.480 e. The molecule has 3 atom stereocenters. The van der Waals surface area contributed by atoms with Gasteiger partial charge >= 0.3 is 5.97 Å². The lowest BCUT2D eigenvalue weighted by Gasteiger charge is -2.26. The molecule has 13 heteroatoms. The Kier molecular flexibility index (Phi) is 10.2. The number of carboxylic acids is 1. The molecule has 0 saturated carbocycles. The van der Waals surface area contributed by atoms with E-state index in [9.17, 15) is 24.3 Å². The molecule has 0 spiro atoms. The molecule has 9 N–H and O–H groups in total. The molecular weight excluding hydrogens is 402 g/mol. The van der Waals surface area contributed by atoms with E-state index in [0.717, 1.165) is 0 Å². The highest BCUT2D eigenvalue weighted by Crippen LogP contribution is 2.18. The second-order valence-corrected chi connectivity index (χ2v) is 6.97. The maximum absolute atomic E-state index is 12.4. The van der Waals surface area contributed by atoms with Gasteiger partial charge in [0.1, 0.15) is 12.1 Å². The van der Waals surface area contributed by atoms with Crippen LogP contribution in [0.5, 0.6) is 0 Å². The number of guanidine groups is 1. The quantitative estimate of drug-likeness (QED) is 0.0773. The van der Waals surface area contributed by atoms with Crippen LogP contribution in [0.25, 0.3) is 0 Å². The smallest absolute Gasteiger partial charge is 0.326 e. The van der Waals surface area contributed by atoms with Gasteiger partial charge in [0.2, 0.25) is 17.7 Å². The number of likely N-dealkylation sites (tertiary alicyclic amines) is 1. The predicted octanol–water partition coefficient (Wildman–Crippen LogP) is -3.03. The molecule has 1 heterocycles. The Labute approximate surface area is 174 Å². The van der Waals surface area contributed by atoms with Crippen LogP contribution in [0.1, 0.15) is 25.7 Å². The van der Waals surface area contributed by atoms with Crippen LogP contribution in [0, 0.1) is 0 Å². The molecule has 3 amide bonds. The van der Waals surface area contributed by atoms with E-state index in [1.165, 1.54) is 4.90 Å². The number of carbonyl (C=O) groups excluding carboxylic acids is 3. The van der Waals surface area contributed by atoms with Gasteiger partial charge in [0.15, 0.2) is 5.96 Å². The van der Waals surface area contributed by atoms with Gasteiger partial charge in [-0.1, -0.05) is 0 Å². The summed E-state index contributed by atoms with van der Waals surface area (Å²) in [4.78, 5) is 53.0. The average Bonchev–Trinajstić information content (AvgIpc) is 3.16. The zero-order chi connectivity index (χ0) is 22.0. The molecular formula is C16H29N7O5S. The summed E-state index contributed by atoms with van der Waals surface area (Å²) < 4.78 is 0. The van der Waals surface area contributed by atoms with E-state index in [1.807, 2.05) is 0 Å². The van der Waals surface area contributed by atoms with Crippen molar-refractivity contribution in [2.45, 2.75) is 43.8 Å². The summed E-state index contributed by atoms with van der Waals surface area (Å²) in [6, 6.07) is -2.65. The van der Waals surface area contributed by atoms with Crippen LogP contribution in [0.15, 0.2) is 4.99 Å². The maximum Gasteiger partial charge on any atom is 0.326 e. The van der Waals surface area contributed by atoms with Crippen molar-refractivity contribution in [2.24, 2.45) is 22.2 Å². The molecule has 1 aliphatic rings. The average molecular weight is 432 g/mol. The van der Waals surface area contributed by atoms with Crippen LogP contribution in [0.4, 0.5) is 0 Å². The Hall–Kier alpha value is -2.54. The molecule has 1 aliphatic heterocycles. The summed E-state index contributed by atoms with van der Waals surface area (Å²) >= 11 is 3.99. The van der Waals surface area contributed by atoms with Crippen molar-refractivity contribution in [3.8, 4) is 0 Å². The van der Waals surface area contributed by atoms with Crippen LogP contribution in [0.2, 0.25) is 0 Å². The minimum atomic E-state index is -1.21. The van der Waals surface area contributed by atoms with E-state index in [4.69, 9.17) is 17.2 Å². The van der Waals surface area contributed by atoms with Gasteiger partial charge in [-0.25, -0.2) is 4.79 Å². The lowest BCUT2D eigenvalue weighted by Crippen LogP contribution is -2.53. The third-order valence-corrected chi connectivity index (χ3v) is 4.75. The molecule has 0 unspecified atom stereocenters. The summed E-state index contributed by atoms with van der Waals surface area (Å²) in [6.07, 6.45) is 1.58. The van der Waals surface area contributed by atoms with E-state index in [1.54, 1.807) is 0 Å². The SMILES string of the molecule is NC(N)=NCCC[C@H](NC(=O)CNC(=O)[C@@H]1CCCN1C(=O)[C@@H](N)CS)C(=O)O. The number of hydrogen-bond acceptors (Lipinski definition) is 7. The third-order valence-electron chi connectivity index (χ3n) is 4.35. The van der Waals surface area contributed by atoms with E-state index in [0.29, 0.717) is 25.8 Å². The number of aliphatic imine (C=N–C) groups is 1. The summed E-state index contributed by atoms with van der Waals surface area (Å²) in [7, 11) is 0. The first kappa shape index (κ1) is 24.5. The number of thiol groups is 1. The fourth-order valence-electron chi connectivity index (χ4n) is 2.89. The van der Waals surface area contributed by atoms with Gasteiger partial charge in [-0.3, -0.25) is 19.4 Å². The fraction of sp³-hybridized carbons (Fsp3) is 0.688. The molecule has 1 saturated heterocycles. The second kappa shape index (κ2) is 12.1. The van der Waals surface area contributed by atoms with Crippen LogP contribution < -0.4 is 27.8 Å². The Bertz CT molecular complexity index is 641. The van der Waals surface area contributed by atoms with E-state index < -0.39 is 42.5 Å². The highest BCUT2D eigenvalue weighted by atomic mass is 32.1. The molecule has 0 aromatic carbocycles. The number of carboxylic acid groups (broad SMARTS) is 1. The maximum atomic E-state index is 12.4. The van der Waals surface area contributed by atoms with Gasteiger partial charge in [-0.2, -0.15) is 12.6 Å². The summed E-state index contributed by atoms with van der Waals surface area (Å²) in [5.74, 6) is -2.66. The lowest BCUT2D eigenvalue weighted by atomic mass is 10.1. The topological polar surface area (TPSA) is 206 Å². The lowest BCUT2D eigenvalue weighted by molar-refractivity contribution is -0.142. The minimum absolute atomic E-state index is 0.0987. The zero-order valence-electron chi connectivity index (χ0n) is 16.0. The first-order valence-corrected chi connectivity index (χ1v) is 9.82. The number of nitrogens with one attached hydrogen (secondary N) is 2. The van der Waals surface area contributed by atoms with Crippen molar-refractivity contribution in [1.82, 2.24) is 15.5 Å². The summed E-state index contributed by atoms with van der Waals surface area (Å²) in [6.45, 7) is 0.230. The van der Waals surface area contributed by atoms with Crippen molar-refractivity contribution in [1.29, 1.82) is 0 Å². The normalized spacial score (nSPS) is 17.9. The molecule has 0 bridgehead atoms. The number of carbonyl (C=O) groups is 4. The van der Waals surface area contributed by atoms with Gasteiger partial charge in [-0.05, 0) is 25.7 Å². The first-order valence-electron chi connectivity index (χ1n) is 9.19. The van der Waals surface area contributed by atoms with Crippen molar-refractivity contribution in [3.63, 3.8) is 0 Å². The van der Waals surface area contributed by atoms with Crippen LogP contribution in [-0.4, -0.2) is 83.2 Å². The van der Waals surface area contributed by atoms with Crippen LogP contribution in [0.3, 0.4) is 0 Å². The van der Waals surface area contributed by atoms with Gasteiger partial charge in [-0.15, -0.1) is 0 Å². The zero-order valence-corrected chi connectivity index (χ0v) is 16.9. The molecule has 0 radical (unpaired) electrons. The minimum Gasteiger partial charge on any atom is -0.480 e. The Morgan fingerprint density at radius 1 is 1.28 bits per heavy atom.